The fourth-order valence-electron chi connectivity index (χ4n) is 1.00. The first-order valence-corrected chi connectivity index (χ1v) is 4.95. The summed E-state index contributed by atoms with van der Waals surface area (Å²) in [7, 11) is 0. The number of aliphatic carboxylic acids is 1. The van der Waals surface area contributed by atoms with E-state index in [-0.39, 0.29) is 11.8 Å². The first-order chi connectivity index (χ1) is 6.99. The minimum absolute atomic E-state index is 0.209. The molecule has 4 nitrogen and oxygen atoms in total. The lowest BCUT2D eigenvalue weighted by Gasteiger charge is -2.15. The molecule has 0 saturated heterocycles. The molecular formula is C11H17NO3. The minimum atomic E-state index is -1.01. The van der Waals surface area contributed by atoms with Crippen molar-refractivity contribution in [3.63, 3.8) is 0 Å². The van der Waals surface area contributed by atoms with Crippen molar-refractivity contribution in [2.45, 2.75) is 39.2 Å². The van der Waals surface area contributed by atoms with Gasteiger partial charge in [0.05, 0.1) is 0 Å². The van der Waals surface area contributed by atoms with E-state index in [4.69, 9.17) is 11.5 Å². The Morgan fingerprint density at radius 1 is 1.47 bits per heavy atom. The number of hydrogen-bond acceptors (Lipinski definition) is 2. The molecule has 0 aliphatic carbocycles. The molecule has 0 aliphatic heterocycles. The van der Waals surface area contributed by atoms with Gasteiger partial charge in [-0.05, 0) is 12.8 Å². The van der Waals surface area contributed by atoms with Crippen molar-refractivity contribution < 1.29 is 14.7 Å². The Morgan fingerprint density at radius 3 is 2.47 bits per heavy atom. The topological polar surface area (TPSA) is 66.4 Å². The molecule has 0 fully saturated rings. The number of hydrogen-bond donors (Lipinski definition) is 2. The zero-order valence-corrected chi connectivity index (χ0v) is 9.12. The van der Waals surface area contributed by atoms with E-state index in [1.54, 1.807) is 13.8 Å². The van der Waals surface area contributed by atoms with Crippen LogP contribution in [0.25, 0.3) is 0 Å². The summed E-state index contributed by atoms with van der Waals surface area (Å²) in [5, 5.41) is 11.3. The van der Waals surface area contributed by atoms with Crippen molar-refractivity contribution in [3.8, 4) is 12.3 Å². The highest BCUT2D eigenvalue weighted by Crippen LogP contribution is 2.02. The second kappa shape index (κ2) is 6.88. The molecule has 1 atom stereocenters. The van der Waals surface area contributed by atoms with Crippen molar-refractivity contribution in [1.82, 2.24) is 5.32 Å². The van der Waals surface area contributed by atoms with Gasteiger partial charge in [0.1, 0.15) is 6.04 Å². The van der Waals surface area contributed by atoms with E-state index in [1.165, 1.54) is 0 Å². The Kier molecular flexibility index (Phi) is 6.19. The van der Waals surface area contributed by atoms with Crippen molar-refractivity contribution >= 4 is 11.9 Å². The van der Waals surface area contributed by atoms with Crippen LogP contribution in [0.2, 0.25) is 0 Å². The molecule has 0 aromatic heterocycles. The number of unbranched alkanes of at least 4 members (excludes halogenated alkanes) is 1. The van der Waals surface area contributed by atoms with Gasteiger partial charge in [-0.1, -0.05) is 13.8 Å². The van der Waals surface area contributed by atoms with Crippen LogP contribution >= 0.6 is 0 Å². The number of carboxylic acids is 1. The first kappa shape index (κ1) is 13.5. The van der Waals surface area contributed by atoms with Crippen molar-refractivity contribution in [2.24, 2.45) is 5.92 Å². The Labute approximate surface area is 90.1 Å². The van der Waals surface area contributed by atoms with Gasteiger partial charge in [-0.3, -0.25) is 4.79 Å². The second-order valence-corrected chi connectivity index (χ2v) is 3.65. The van der Waals surface area contributed by atoms with Crippen LogP contribution in [0.5, 0.6) is 0 Å². The molecule has 0 saturated carbocycles. The van der Waals surface area contributed by atoms with E-state index in [1.807, 2.05) is 0 Å². The van der Waals surface area contributed by atoms with Crippen LogP contribution in [0, 0.1) is 18.3 Å². The maximum absolute atomic E-state index is 11.3. The number of carbonyl (C=O) groups excluding carboxylic acids is 1. The minimum Gasteiger partial charge on any atom is -0.480 e. The Balaban J connectivity index is 4.12. The van der Waals surface area contributed by atoms with Crippen molar-refractivity contribution in [1.29, 1.82) is 0 Å². The fourth-order valence-corrected chi connectivity index (χ4v) is 1.00. The largest absolute Gasteiger partial charge is 0.480 e. The number of amides is 1. The molecule has 0 unspecified atom stereocenters. The zero-order valence-electron chi connectivity index (χ0n) is 9.12. The molecule has 2 N–H and O–H groups in total. The average molecular weight is 211 g/mol. The number of carbonyl (C=O) groups is 2. The van der Waals surface area contributed by atoms with Crippen LogP contribution in [-0.4, -0.2) is 23.0 Å². The van der Waals surface area contributed by atoms with Crippen LogP contribution in [0.4, 0.5) is 0 Å². The van der Waals surface area contributed by atoms with Crippen LogP contribution < -0.4 is 5.32 Å². The molecule has 0 spiro atoms. The SMILES string of the molecule is C#CCCC[C@H](NC(=O)C(C)C)C(=O)O. The third-order valence-corrected chi connectivity index (χ3v) is 1.95. The molecule has 0 bridgehead atoms. The molecule has 0 aromatic carbocycles. The summed E-state index contributed by atoms with van der Waals surface area (Å²) in [6.45, 7) is 3.44. The van der Waals surface area contributed by atoms with Gasteiger partial charge in [-0.2, -0.15) is 0 Å². The number of carboxylic acid groups (broad SMARTS) is 1. The molecule has 4 heteroatoms. The summed E-state index contributed by atoms with van der Waals surface area (Å²) >= 11 is 0. The maximum Gasteiger partial charge on any atom is 0.326 e. The monoisotopic (exact) mass is 211 g/mol. The van der Waals surface area contributed by atoms with Gasteiger partial charge >= 0.3 is 5.97 Å². The van der Waals surface area contributed by atoms with E-state index in [0.29, 0.717) is 19.3 Å². The van der Waals surface area contributed by atoms with Crippen molar-refractivity contribution in [3.05, 3.63) is 0 Å². The lowest BCUT2D eigenvalue weighted by Crippen LogP contribution is -2.42. The highest BCUT2D eigenvalue weighted by molar-refractivity contribution is 5.84. The predicted octanol–water partition coefficient (Wildman–Crippen LogP) is 1.02. The van der Waals surface area contributed by atoms with Crippen LogP contribution in [0.15, 0.2) is 0 Å². The Hall–Kier alpha value is -1.50. The lowest BCUT2D eigenvalue weighted by atomic mass is 10.1. The van der Waals surface area contributed by atoms with Gasteiger partial charge in [0.15, 0.2) is 0 Å². The number of rotatable bonds is 6. The Morgan fingerprint density at radius 2 is 2.07 bits per heavy atom. The lowest BCUT2D eigenvalue weighted by molar-refractivity contribution is -0.142. The van der Waals surface area contributed by atoms with Crippen molar-refractivity contribution in [2.75, 3.05) is 0 Å². The number of terminal acetylenes is 1. The third-order valence-electron chi connectivity index (χ3n) is 1.95. The summed E-state index contributed by atoms with van der Waals surface area (Å²) in [4.78, 5) is 22.1. The summed E-state index contributed by atoms with van der Waals surface area (Å²) < 4.78 is 0. The molecule has 84 valence electrons. The highest BCUT2D eigenvalue weighted by atomic mass is 16.4. The van der Waals surface area contributed by atoms with Crippen LogP contribution in [-0.2, 0) is 9.59 Å². The van der Waals surface area contributed by atoms with Gasteiger partial charge in [-0.25, -0.2) is 4.79 Å². The Bertz CT molecular complexity index is 265. The molecule has 0 aliphatic rings. The first-order valence-electron chi connectivity index (χ1n) is 4.95. The predicted molar refractivity (Wildman–Crippen MR) is 57.1 cm³/mol. The summed E-state index contributed by atoms with van der Waals surface area (Å²) in [6, 6.07) is -0.826. The smallest absolute Gasteiger partial charge is 0.326 e. The molecule has 0 aromatic rings. The van der Waals surface area contributed by atoms with E-state index in [0.717, 1.165) is 0 Å². The normalized spacial score (nSPS) is 11.9. The molecule has 0 rings (SSSR count). The van der Waals surface area contributed by atoms with Crippen LogP contribution in [0.3, 0.4) is 0 Å². The molecular weight excluding hydrogens is 194 g/mol. The van der Waals surface area contributed by atoms with Crippen LogP contribution in [0.1, 0.15) is 33.1 Å². The standard InChI is InChI=1S/C11H17NO3/c1-4-5-6-7-9(11(14)15)12-10(13)8(2)3/h1,8-9H,5-7H2,2-3H3,(H,12,13)(H,14,15)/t9-/m0/s1. The molecule has 0 radical (unpaired) electrons. The molecule has 1 amide bonds. The summed E-state index contributed by atoms with van der Waals surface area (Å²) in [5.74, 6) is 0.964. The average Bonchev–Trinajstić information content (AvgIpc) is 2.15. The van der Waals surface area contributed by atoms with Gasteiger partial charge in [0.25, 0.3) is 0 Å². The number of nitrogens with one attached hydrogen (secondary N) is 1. The van der Waals surface area contributed by atoms with E-state index >= 15 is 0 Å². The fraction of sp³-hybridized carbons (Fsp3) is 0.636. The molecule has 0 heterocycles. The maximum atomic E-state index is 11.3. The van der Waals surface area contributed by atoms with E-state index in [2.05, 4.69) is 11.2 Å². The summed E-state index contributed by atoms with van der Waals surface area (Å²) in [6.07, 6.45) is 6.56. The summed E-state index contributed by atoms with van der Waals surface area (Å²) in [5.41, 5.74) is 0. The van der Waals surface area contributed by atoms with Gasteiger partial charge in [-0.15, -0.1) is 12.3 Å². The molecule has 15 heavy (non-hydrogen) atoms. The zero-order chi connectivity index (χ0) is 11.8. The van der Waals surface area contributed by atoms with Gasteiger partial charge in [0.2, 0.25) is 5.91 Å². The highest BCUT2D eigenvalue weighted by Gasteiger charge is 2.20. The van der Waals surface area contributed by atoms with Gasteiger partial charge in [0, 0.05) is 12.3 Å². The van der Waals surface area contributed by atoms with Gasteiger partial charge < -0.3 is 10.4 Å². The third kappa shape index (κ3) is 5.74. The second-order valence-electron chi connectivity index (χ2n) is 3.65. The quantitative estimate of drug-likeness (QED) is 0.509. The van der Waals surface area contributed by atoms with E-state index in [9.17, 15) is 9.59 Å². The van der Waals surface area contributed by atoms with E-state index < -0.39 is 12.0 Å².